The second kappa shape index (κ2) is 5.43. The minimum Gasteiger partial charge on any atom is -0.342 e. The zero-order valence-electron chi connectivity index (χ0n) is 10.8. The normalized spacial score (nSPS) is 11.9. The van der Waals surface area contributed by atoms with E-state index in [1.165, 1.54) is 12.4 Å². The average molecular weight is 276 g/mol. The van der Waals surface area contributed by atoms with Crippen LogP contribution < -0.4 is 5.32 Å². The van der Waals surface area contributed by atoms with Crippen molar-refractivity contribution in [2.45, 2.75) is 19.9 Å². The van der Waals surface area contributed by atoms with Crippen LogP contribution in [0.5, 0.6) is 0 Å². The Morgan fingerprint density at radius 1 is 1.50 bits per heavy atom. The van der Waals surface area contributed by atoms with E-state index in [0.29, 0.717) is 11.5 Å². The molecule has 1 atom stereocenters. The number of pyridine rings is 1. The summed E-state index contributed by atoms with van der Waals surface area (Å²) in [5, 5.41) is 19.7. The van der Waals surface area contributed by atoms with Crippen molar-refractivity contribution in [2.24, 2.45) is 0 Å². The maximum Gasteiger partial charge on any atom is 0.288 e. The molecule has 20 heavy (non-hydrogen) atoms. The van der Waals surface area contributed by atoms with E-state index in [4.69, 9.17) is 0 Å². The molecule has 2 N–H and O–H groups in total. The lowest BCUT2D eigenvalue weighted by Crippen LogP contribution is -2.28. The lowest BCUT2D eigenvalue weighted by molar-refractivity contribution is -0.385. The van der Waals surface area contributed by atoms with Gasteiger partial charge in [-0.25, -0.2) is 4.98 Å². The van der Waals surface area contributed by atoms with Crippen LogP contribution in [0.3, 0.4) is 0 Å². The van der Waals surface area contributed by atoms with Gasteiger partial charge in [-0.05, 0) is 13.8 Å². The van der Waals surface area contributed by atoms with Crippen LogP contribution in [-0.2, 0) is 0 Å². The molecule has 0 bridgehead atoms. The van der Waals surface area contributed by atoms with Gasteiger partial charge in [-0.2, -0.15) is 5.10 Å². The van der Waals surface area contributed by atoms with Gasteiger partial charge in [-0.15, -0.1) is 0 Å². The second-order valence-corrected chi connectivity index (χ2v) is 4.15. The van der Waals surface area contributed by atoms with Crippen molar-refractivity contribution in [3.05, 3.63) is 45.8 Å². The standard InChI is InChI=1S/C11H12N6O3/c1-6-9(3-8(4-12-6)17(19)20)11(18)15-7(2)10-13-5-14-16-10/h3-5,7H,1-2H3,(H,15,18)(H,13,14,16)/t7-/m0/s1. The first-order valence-electron chi connectivity index (χ1n) is 5.76. The van der Waals surface area contributed by atoms with Crippen LogP contribution in [0.1, 0.15) is 34.8 Å². The van der Waals surface area contributed by atoms with Crippen LogP contribution in [0.2, 0.25) is 0 Å². The zero-order valence-corrected chi connectivity index (χ0v) is 10.8. The first kappa shape index (κ1) is 13.6. The molecule has 2 rings (SSSR count). The Hall–Kier alpha value is -2.84. The van der Waals surface area contributed by atoms with Gasteiger partial charge < -0.3 is 5.32 Å². The zero-order chi connectivity index (χ0) is 14.7. The Bertz CT molecular complexity index is 640. The van der Waals surface area contributed by atoms with Crippen LogP contribution in [0.4, 0.5) is 5.69 Å². The first-order chi connectivity index (χ1) is 9.49. The summed E-state index contributed by atoms with van der Waals surface area (Å²) in [6, 6.07) is 0.800. The van der Waals surface area contributed by atoms with Gasteiger partial charge >= 0.3 is 0 Å². The van der Waals surface area contributed by atoms with Crippen molar-refractivity contribution < 1.29 is 9.72 Å². The van der Waals surface area contributed by atoms with Crippen LogP contribution in [0, 0.1) is 17.0 Å². The average Bonchev–Trinajstić information content (AvgIpc) is 2.92. The molecular weight excluding hydrogens is 264 g/mol. The van der Waals surface area contributed by atoms with Crippen molar-refractivity contribution in [2.75, 3.05) is 0 Å². The molecular formula is C11H12N6O3. The summed E-state index contributed by atoms with van der Waals surface area (Å²) in [4.78, 5) is 30.0. The summed E-state index contributed by atoms with van der Waals surface area (Å²) in [7, 11) is 0. The summed E-state index contributed by atoms with van der Waals surface area (Å²) in [5.41, 5.74) is 0.344. The Morgan fingerprint density at radius 2 is 2.25 bits per heavy atom. The maximum atomic E-state index is 12.1. The molecule has 2 aromatic heterocycles. The number of carbonyl (C=O) groups excluding carboxylic acids is 1. The topological polar surface area (TPSA) is 127 Å². The molecule has 2 heterocycles. The number of hydrogen-bond acceptors (Lipinski definition) is 6. The van der Waals surface area contributed by atoms with Gasteiger partial charge in [-0.1, -0.05) is 0 Å². The molecule has 0 saturated heterocycles. The fourth-order valence-electron chi connectivity index (χ4n) is 1.62. The molecule has 0 unspecified atom stereocenters. The number of aromatic nitrogens is 4. The van der Waals surface area contributed by atoms with E-state index in [9.17, 15) is 14.9 Å². The number of hydrogen-bond donors (Lipinski definition) is 2. The predicted octanol–water partition coefficient (Wildman–Crippen LogP) is 0.907. The van der Waals surface area contributed by atoms with Crippen LogP contribution in [0.25, 0.3) is 0 Å². The van der Waals surface area contributed by atoms with E-state index in [0.717, 1.165) is 6.20 Å². The molecule has 0 aliphatic carbocycles. The molecule has 9 nitrogen and oxygen atoms in total. The summed E-state index contributed by atoms with van der Waals surface area (Å²) < 4.78 is 0. The van der Waals surface area contributed by atoms with Gasteiger partial charge in [0.25, 0.3) is 11.6 Å². The van der Waals surface area contributed by atoms with E-state index >= 15 is 0 Å². The molecule has 104 valence electrons. The van der Waals surface area contributed by atoms with Crippen molar-refractivity contribution in [3.8, 4) is 0 Å². The van der Waals surface area contributed by atoms with Crippen molar-refractivity contribution in [1.29, 1.82) is 0 Å². The molecule has 2 aromatic rings. The third-order valence-corrected chi connectivity index (χ3v) is 2.72. The highest BCUT2D eigenvalue weighted by Crippen LogP contribution is 2.16. The molecule has 1 amide bonds. The van der Waals surface area contributed by atoms with Gasteiger partial charge in [0, 0.05) is 6.07 Å². The third kappa shape index (κ3) is 2.76. The van der Waals surface area contributed by atoms with E-state index in [1.54, 1.807) is 13.8 Å². The van der Waals surface area contributed by atoms with Gasteiger partial charge in [0.2, 0.25) is 0 Å². The highest BCUT2D eigenvalue weighted by Gasteiger charge is 2.18. The number of rotatable bonds is 4. The Balaban J connectivity index is 2.20. The molecule has 0 aliphatic heterocycles. The largest absolute Gasteiger partial charge is 0.342 e. The van der Waals surface area contributed by atoms with E-state index in [2.05, 4.69) is 25.5 Å². The maximum absolute atomic E-state index is 12.1. The SMILES string of the molecule is Cc1ncc([N+](=O)[O-])cc1C(=O)N[C@@H](C)c1ncn[nH]1. The van der Waals surface area contributed by atoms with E-state index in [1.807, 2.05) is 0 Å². The van der Waals surface area contributed by atoms with Crippen LogP contribution in [-0.4, -0.2) is 31.0 Å². The number of aryl methyl sites for hydroxylation is 1. The number of carbonyl (C=O) groups is 1. The Labute approximate surface area is 113 Å². The molecule has 0 saturated carbocycles. The fourth-order valence-corrected chi connectivity index (χ4v) is 1.62. The molecule has 0 radical (unpaired) electrons. The predicted molar refractivity (Wildman–Crippen MR) is 67.9 cm³/mol. The van der Waals surface area contributed by atoms with E-state index < -0.39 is 16.9 Å². The quantitative estimate of drug-likeness (QED) is 0.631. The van der Waals surface area contributed by atoms with Crippen LogP contribution >= 0.6 is 0 Å². The van der Waals surface area contributed by atoms with E-state index in [-0.39, 0.29) is 11.3 Å². The van der Waals surface area contributed by atoms with Crippen molar-refractivity contribution >= 4 is 11.6 Å². The molecule has 0 spiro atoms. The fraction of sp³-hybridized carbons (Fsp3) is 0.273. The minimum atomic E-state index is -0.594. The van der Waals surface area contributed by atoms with Crippen molar-refractivity contribution in [3.63, 3.8) is 0 Å². The number of nitrogens with one attached hydrogen (secondary N) is 2. The van der Waals surface area contributed by atoms with Gasteiger partial charge in [0.05, 0.1) is 22.2 Å². The van der Waals surface area contributed by atoms with Gasteiger partial charge in [0.1, 0.15) is 18.3 Å². The lowest BCUT2D eigenvalue weighted by atomic mass is 10.1. The highest BCUT2D eigenvalue weighted by molar-refractivity contribution is 5.95. The number of nitrogens with zero attached hydrogens (tertiary/aromatic N) is 4. The minimum absolute atomic E-state index is 0.158. The third-order valence-electron chi connectivity index (χ3n) is 2.72. The number of nitro groups is 1. The molecule has 0 aliphatic rings. The first-order valence-corrected chi connectivity index (χ1v) is 5.76. The summed E-state index contributed by atoms with van der Waals surface area (Å²) in [5.74, 6) is 0.0389. The molecule has 0 fully saturated rings. The van der Waals surface area contributed by atoms with Crippen LogP contribution in [0.15, 0.2) is 18.6 Å². The number of H-pyrrole nitrogens is 1. The summed E-state index contributed by atoms with van der Waals surface area (Å²) in [6.07, 6.45) is 2.45. The second-order valence-electron chi connectivity index (χ2n) is 4.15. The lowest BCUT2D eigenvalue weighted by Gasteiger charge is -2.11. The smallest absolute Gasteiger partial charge is 0.288 e. The Kier molecular flexibility index (Phi) is 3.69. The monoisotopic (exact) mass is 276 g/mol. The highest BCUT2D eigenvalue weighted by atomic mass is 16.6. The Morgan fingerprint density at radius 3 is 2.85 bits per heavy atom. The number of aromatic amines is 1. The van der Waals surface area contributed by atoms with Crippen molar-refractivity contribution in [1.82, 2.24) is 25.5 Å². The van der Waals surface area contributed by atoms with Gasteiger partial charge in [-0.3, -0.25) is 25.0 Å². The molecule has 0 aromatic carbocycles. The van der Waals surface area contributed by atoms with Gasteiger partial charge in [0.15, 0.2) is 0 Å². The summed E-state index contributed by atoms with van der Waals surface area (Å²) in [6.45, 7) is 3.33. The molecule has 9 heteroatoms. The summed E-state index contributed by atoms with van der Waals surface area (Å²) >= 11 is 0. The number of amides is 1.